The van der Waals surface area contributed by atoms with Crippen molar-refractivity contribution >= 4 is 16.9 Å². The van der Waals surface area contributed by atoms with Crippen molar-refractivity contribution in [1.82, 2.24) is 20.2 Å². The summed E-state index contributed by atoms with van der Waals surface area (Å²) in [6, 6.07) is 31.8. The molecule has 9 nitrogen and oxygen atoms in total. The molecule has 0 saturated carbocycles. The second-order valence-electron chi connectivity index (χ2n) is 12.0. The van der Waals surface area contributed by atoms with Crippen molar-refractivity contribution in [3.05, 3.63) is 131 Å². The molecule has 47 heavy (non-hydrogen) atoms. The van der Waals surface area contributed by atoms with Gasteiger partial charge in [0.2, 0.25) is 0 Å². The number of nitrogens with one attached hydrogen (secondary N) is 1. The first-order valence-electron chi connectivity index (χ1n) is 16.1. The maximum absolute atomic E-state index is 13.0. The summed E-state index contributed by atoms with van der Waals surface area (Å²) in [6.07, 6.45) is 1.59. The summed E-state index contributed by atoms with van der Waals surface area (Å²) in [4.78, 5) is 24.2. The van der Waals surface area contributed by atoms with Crippen LogP contribution in [0, 0.1) is 0 Å². The molecule has 2 fully saturated rings. The van der Waals surface area contributed by atoms with Gasteiger partial charge in [0, 0.05) is 38.2 Å². The Bertz CT molecular complexity index is 1810. The number of hydrogen-bond acceptors (Lipinski definition) is 8. The van der Waals surface area contributed by atoms with E-state index >= 15 is 0 Å². The quantitative estimate of drug-likeness (QED) is 0.217. The third kappa shape index (κ3) is 7.40. The second kappa shape index (κ2) is 14.5. The van der Waals surface area contributed by atoms with Crippen LogP contribution in [0.25, 0.3) is 22.2 Å². The number of benzene rings is 4. The Kier molecular flexibility index (Phi) is 9.60. The maximum Gasteiger partial charge on any atom is 0.271 e. The summed E-state index contributed by atoms with van der Waals surface area (Å²) in [5.41, 5.74) is 7.66. The molecule has 4 aromatic carbocycles. The molecule has 0 radical (unpaired) electrons. The minimum absolute atomic E-state index is 0.00863. The van der Waals surface area contributed by atoms with E-state index in [1.807, 2.05) is 66.7 Å². The molecule has 3 atom stereocenters. The Morgan fingerprint density at radius 3 is 2.36 bits per heavy atom. The Balaban J connectivity index is 1.07. The molecule has 3 heterocycles. The van der Waals surface area contributed by atoms with Crippen LogP contribution in [0.15, 0.2) is 103 Å². The molecule has 7 rings (SSSR count). The van der Waals surface area contributed by atoms with E-state index in [2.05, 4.69) is 50.5 Å². The normalized spacial score (nSPS) is 20.2. The van der Waals surface area contributed by atoms with E-state index in [-0.39, 0.29) is 30.4 Å². The number of amides is 1. The molecule has 240 valence electrons. The summed E-state index contributed by atoms with van der Waals surface area (Å²) >= 11 is 0. The van der Waals surface area contributed by atoms with Crippen molar-refractivity contribution in [3.8, 4) is 11.1 Å². The number of hydrogen-bond donors (Lipinski definition) is 2. The van der Waals surface area contributed by atoms with Crippen LogP contribution in [0.3, 0.4) is 0 Å². The average Bonchev–Trinajstić information content (AvgIpc) is 3.14. The molecule has 0 spiro atoms. The number of para-hydroxylation sites is 2. The fourth-order valence-electron chi connectivity index (χ4n) is 6.21. The first kappa shape index (κ1) is 31.1. The van der Waals surface area contributed by atoms with Crippen molar-refractivity contribution in [3.63, 3.8) is 0 Å². The maximum atomic E-state index is 13.0. The van der Waals surface area contributed by atoms with Gasteiger partial charge < -0.3 is 24.6 Å². The molecule has 0 bridgehead atoms. The summed E-state index contributed by atoms with van der Waals surface area (Å²) < 4.78 is 18.7. The van der Waals surface area contributed by atoms with Crippen LogP contribution in [0.4, 0.5) is 0 Å². The highest BCUT2D eigenvalue weighted by atomic mass is 16.7. The Labute approximate surface area is 274 Å². The van der Waals surface area contributed by atoms with Crippen molar-refractivity contribution in [2.24, 2.45) is 0 Å². The van der Waals surface area contributed by atoms with Crippen LogP contribution in [0.2, 0.25) is 0 Å². The largest absolute Gasteiger partial charge is 0.392 e. The molecule has 1 amide bonds. The lowest BCUT2D eigenvalue weighted by atomic mass is 9.97. The zero-order valence-electron chi connectivity index (χ0n) is 26.1. The van der Waals surface area contributed by atoms with E-state index in [0.29, 0.717) is 12.1 Å². The first-order valence-corrected chi connectivity index (χ1v) is 16.1. The number of morpholine rings is 1. The fourth-order valence-corrected chi connectivity index (χ4v) is 6.21. The third-order valence-corrected chi connectivity index (χ3v) is 8.81. The Morgan fingerprint density at radius 1 is 0.851 bits per heavy atom. The summed E-state index contributed by atoms with van der Waals surface area (Å²) in [5.74, 6) is -0.271. The van der Waals surface area contributed by atoms with Gasteiger partial charge in [-0.1, -0.05) is 84.9 Å². The molecule has 1 aromatic heterocycles. The Morgan fingerprint density at radius 2 is 1.57 bits per heavy atom. The summed E-state index contributed by atoms with van der Waals surface area (Å²) in [7, 11) is 0. The van der Waals surface area contributed by atoms with E-state index < -0.39 is 6.29 Å². The minimum Gasteiger partial charge on any atom is -0.392 e. The predicted molar refractivity (Wildman–Crippen MR) is 178 cm³/mol. The number of carbonyl (C=O) groups excluding carboxylic acids is 1. The van der Waals surface area contributed by atoms with E-state index in [9.17, 15) is 9.90 Å². The Hall–Kier alpha value is -4.51. The third-order valence-electron chi connectivity index (χ3n) is 8.81. The lowest BCUT2D eigenvalue weighted by molar-refractivity contribution is -0.253. The van der Waals surface area contributed by atoms with Gasteiger partial charge in [0.05, 0.1) is 49.3 Å². The number of carbonyl (C=O) groups is 1. The number of aliphatic hydroxyl groups excluding tert-OH is 1. The van der Waals surface area contributed by atoms with Crippen molar-refractivity contribution < 1.29 is 24.1 Å². The molecule has 3 unspecified atom stereocenters. The van der Waals surface area contributed by atoms with E-state index in [1.54, 1.807) is 0 Å². The van der Waals surface area contributed by atoms with Crippen LogP contribution in [0.5, 0.6) is 0 Å². The molecular weight excluding hydrogens is 592 g/mol. The van der Waals surface area contributed by atoms with Gasteiger partial charge in [0.15, 0.2) is 6.29 Å². The smallest absolute Gasteiger partial charge is 0.271 e. The van der Waals surface area contributed by atoms with Gasteiger partial charge in [0.1, 0.15) is 5.69 Å². The number of aromatic nitrogens is 2. The first-order chi connectivity index (χ1) is 23.1. The van der Waals surface area contributed by atoms with Crippen LogP contribution in [0.1, 0.15) is 51.6 Å². The molecule has 2 N–H and O–H groups in total. The topological polar surface area (TPSA) is 106 Å². The monoisotopic (exact) mass is 630 g/mol. The molecule has 2 aliphatic rings. The lowest BCUT2D eigenvalue weighted by Crippen LogP contribution is -2.44. The van der Waals surface area contributed by atoms with Crippen molar-refractivity contribution in [2.45, 2.75) is 38.1 Å². The standard InChI is InChI=1S/C38H38N4O5/c43-25-26-9-11-28(12-10-26)36-21-31(24-42-17-19-45-20-18-42)46-38(47-36)29-15-13-27(14-16-29)32-6-2-1-5-30(32)22-40-37(44)35-23-39-33-7-3-4-8-34(33)41-35/h1-16,23,31,36,38,43H,17-22,24-25H2,(H,40,44). The van der Waals surface area contributed by atoms with Gasteiger partial charge in [-0.3, -0.25) is 14.7 Å². The molecule has 2 saturated heterocycles. The zero-order valence-corrected chi connectivity index (χ0v) is 26.1. The van der Waals surface area contributed by atoms with E-state index in [1.165, 1.54) is 6.20 Å². The van der Waals surface area contributed by atoms with Gasteiger partial charge in [-0.05, 0) is 39.9 Å². The predicted octanol–water partition coefficient (Wildman–Crippen LogP) is 5.60. The van der Waals surface area contributed by atoms with Gasteiger partial charge in [-0.15, -0.1) is 0 Å². The fraction of sp³-hybridized carbons (Fsp3) is 0.289. The molecule has 5 aromatic rings. The van der Waals surface area contributed by atoms with Crippen LogP contribution in [-0.4, -0.2) is 64.8 Å². The van der Waals surface area contributed by atoms with Gasteiger partial charge in [-0.2, -0.15) is 0 Å². The highest BCUT2D eigenvalue weighted by Gasteiger charge is 2.33. The van der Waals surface area contributed by atoms with Gasteiger partial charge in [-0.25, -0.2) is 4.98 Å². The summed E-state index contributed by atoms with van der Waals surface area (Å²) in [6.45, 7) is 4.44. The van der Waals surface area contributed by atoms with Gasteiger partial charge in [0.25, 0.3) is 5.91 Å². The highest BCUT2D eigenvalue weighted by molar-refractivity contribution is 5.93. The minimum atomic E-state index is -0.524. The number of aliphatic hydroxyl groups is 1. The summed E-state index contributed by atoms with van der Waals surface area (Å²) in [5, 5.41) is 12.5. The van der Waals surface area contributed by atoms with Crippen LogP contribution in [-0.2, 0) is 27.4 Å². The highest BCUT2D eigenvalue weighted by Crippen LogP contribution is 2.39. The SMILES string of the molecule is O=C(NCc1ccccc1-c1ccc(C2OC(CN3CCOCC3)CC(c3ccc(CO)cc3)O2)cc1)c1cnc2ccccc2n1. The number of fused-ring (bicyclic) bond motifs is 1. The molecular formula is C38H38N4O5. The molecule has 9 heteroatoms. The molecule has 0 aliphatic carbocycles. The average molecular weight is 631 g/mol. The van der Waals surface area contributed by atoms with Gasteiger partial charge >= 0.3 is 0 Å². The van der Waals surface area contributed by atoms with Crippen molar-refractivity contribution in [2.75, 3.05) is 32.8 Å². The zero-order chi connectivity index (χ0) is 32.0. The van der Waals surface area contributed by atoms with Crippen LogP contribution >= 0.6 is 0 Å². The number of rotatable bonds is 9. The molecule has 2 aliphatic heterocycles. The van der Waals surface area contributed by atoms with Crippen molar-refractivity contribution in [1.29, 1.82) is 0 Å². The number of ether oxygens (including phenoxy) is 3. The van der Waals surface area contributed by atoms with E-state index in [0.717, 1.165) is 78.2 Å². The second-order valence-corrected chi connectivity index (χ2v) is 12.0. The van der Waals surface area contributed by atoms with Crippen LogP contribution < -0.4 is 5.32 Å². The number of nitrogens with zero attached hydrogens (tertiary/aromatic N) is 3. The lowest BCUT2D eigenvalue weighted by Gasteiger charge is -2.39. The van der Waals surface area contributed by atoms with E-state index in [4.69, 9.17) is 14.2 Å².